The maximum absolute atomic E-state index is 11.5. The molecular formula is C10H14N2O6. The number of methoxy groups -OCH3 is 1. The fourth-order valence-corrected chi connectivity index (χ4v) is 1.89. The Kier molecular flexibility index (Phi) is 3.62. The predicted molar refractivity (Wildman–Crippen MR) is 59.1 cm³/mol. The summed E-state index contributed by atoms with van der Waals surface area (Å²) < 4.78 is 11.2. The number of aromatic nitrogens is 2. The van der Waals surface area contributed by atoms with Gasteiger partial charge in [0.05, 0.1) is 6.61 Å². The molecule has 4 atom stereocenters. The first-order valence-corrected chi connectivity index (χ1v) is 5.36. The molecule has 2 rings (SSSR count). The van der Waals surface area contributed by atoms with E-state index < -0.39 is 35.8 Å². The molecule has 1 fully saturated rings. The zero-order valence-electron chi connectivity index (χ0n) is 9.65. The van der Waals surface area contributed by atoms with Crippen molar-refractivity contribution in [1.29, 1.82) is 0 Å². The van der Waals surface area contributed by atoms with E-state index in [0.717, 1.165) is 10.6 Å². The largest absolute Gasteiger partial charge is 0.387 e. The maximum Gasteiger partial charge on any atom is 0.330 e. The number of ether oxygens (including phenoxy) is 2. The number of aliphatic hydroxyl groups excluding tert-OH is 2. The van der Waals surface area contributed by atoms with Crippen LogP contribution in [0.25, 0.3) is 0 Å². The molecule has 0 amide bonds. The molecule has 1 aliphatic rings. The smallest absolute Gasteiger partial charge is 0.330 e. The van der Waals surface area contributed by atoms with E-state index in [4.69, 9.17) is 9.47 Å². The molecule has 0 radical (unpaired) electrons. The van der Waals surface area contributed by atoms with Crippen molar-refractivity contribution >= 4 is 0 Å². The number of rotatable bonds is 3. The van der Waals surface area contributed by atoms with Crippen molar-refractivity contribution in [1.82, 2.24) is 9.55 Å². The molecule has 0 unspecified atom stereocenters. The Hall–Kier alpha value is -1.48. The zero-order chi connectivity index (χ0) is 13.3. The van der Waals surface area contributed by atoms with Gasteiger partial charge < -0.3 is 19.7 Å². The minimum atomic E-state index is -1.27. The number of aliphatic hydroxyl groups is 2. The molecule has 1 saturated heterocycles. The van der Waals surface area contributed by atoms with E-state index in [1.807, 2.05) is 4.98 Å². The van der Waals surface area contributed by atoms with Gasteiger partial charge in [-0.15, -0.1) is 0 Å². The van der Waals surface area contributed by atoms with Crippen LogP contribution >= 0.6 is 0 Å². The third-order valence-corrected chi connectivity index (χ3v) is 2.79. The van der Waals surface area contributed by atoms with Gasteiger partial charge in [0.25, 0.3) is 5.56 Å². The van der Waals surface area contributed by atoms with Crippen LogP contribution in [0.15, 0.2) is 21.9 Å². The van der Waals surface area contributed by atoms with E-state index in [0.29, 0.717) is 0 Å². The van der Waals surface area contributed by atoms with Gasteiger partial charge in [0.15, 0.2) is 6.23 Å². The van der Waals surface area contributed by atoms with Crippen molar-refractivity contribution in [2.75, 3.05) is 13.7 Å². The summed E-state index contributed by atoms with van der Waals surface area (Å²) >= 11 is 0. The molecule has 100 valence electrons. The number of hydrogen-bond donors (Lipinski definition) is 3. The zero-order valence-corrected chi connectivity index (χ0v) is 9.65. The minimum absolute atomic E-state index is 0.0901. The standard InChI is InChI=1S/C10H14N2O6/c1-17-4-5-7(14)8(15)9(18-5)12-3-2-6(13)11-10(12)16/h2-3,5,7-9,14-15H,4H2,1H3,(H,11,13,16)/t5-,7-,8-,9-/m1/s1. The Balaban J connectivity index is 2.29. The summed E-state index contributed by atoms with van der Waals surface area (Å²) in [6, 6.07) is 1.13. The van der Waals surface area contributed by atoms with Crippen LogP contribution in [-0.2, 0) is 9.47 Å². The van der Waals surface area contributed by atoms with Crippen molar-refractivity contribution in [2.45, 2.75) is 24.5 Å². The lowest BCUT2D eigenvalue weighted by Crippen LogP contribution is -2.37. The third kappa shape index (κ3) is 2.23. The van der Waals surface area contributed by atoms with Crippen molar-refractivity contribution < 1.29 is 19.7 Å². The average Bonchev–Trinajstić information content (AvgIpc) is 2.58. The molecule has 0 aromatic carbocycles. The Morgan fingerprint density at radius 1 is 1.44 bits per heavy atom. The highest BCUT2D eigenvalue weighted by Gasteiger charge is 2.43. The van der Waals surface area contributed by atoms with Crippen molar-refractivity contribution in [3.05, 3.63) is 33.1 Å². The quantitative estimate of drug-likeness (QED) is 0.567. The first kappa shape index (κ1) is 13.0. The lowest BCUT2D eigenvalue weighted by Gasteiger charge is -2.16. The second kappa shape index (κ2) is 5.02. The SMILES string of the molecule is COC[C@H]1O[C@@H](n2ccc(=O)[nH]c2=O)[C@H](O)[C@@H]1O. The second-order valence-corrected chi connectivity index (χ2v) is 4.02. The summed E-state index contributed by atoms with van der Waals surface area (Å²) in [5.74, 6) is 0. The molecule has 1 aromatic heterocycles. The highest BCUT2D eigenvalue weighted by atomic mass is 16.6. The van der Waals surface area contributed by atoms with Gasteiger partial charge in [0, 0.05) is 19.4 Å². The second-order valence-electron chi connectivity index (χ2n) is 4.02. The van der Waals surface area contributed by atoms with E-state index in [1.165, 1.54) is 13.3 Å². The van der Waals surface area contributed by atoms with Gasteiger partial charge in [-0.2, -0.15) is 0 Å². The summed E-state index contributed by atoms with van der Waals surface area (Å²) in [6.07, 6.45) is -3.00. The number of H-pyrrole nitrogens is 1. The van der Waals surface area contributed by atoms with Crippen LogP contribution in [0.3, 0.4) is 0 Å². The highest BCUT2D eigenvalue weighted by molar-refractivity contribution is 4.93. The third-order valence-electron chi connectivity index (χ3n) is 2.79. The van der Waals surface area contributed by atoms with Crippen molar-refractivity contribution in [3.63, 3.8) is 0 Å². The van der Waals surface area contributed by atoms with Crippen LogP contribution in [0.4, 0.5) is 0 Å². The van der Waals surface area contributed by atoms with Crippen LogP contribution in [-0.4, -0.2) is 51.8 Å². The highest BCUT2D eigenvalue weighted by Crippen LogP contribution is 2.28. The molecule has 0 bridgehead atoms. The lowest BCUT2D eigenvalue weighted by molar-refractivity contribution is -0.0614. The summed E-state index contributed by atoms with van der Waals surface area (Å²) in [5, 5.41) is 19.5. The summed E-state index contributed by atoms with van der Waals surface area (Å²) in [4.78, 5) is 24.5. The van der Waals surface area contributed by atoms with Gasteiger partial charge in [-0.05, 0) is 0 Å². The molecule has 8 heteroatoms. The van der Waals surface area contributed by atoms with Crippen LogP contribution in [0.2, 0.25) is 0 Å². The number of hydrogen-bond acceptors (Lipinski definition) is 6. The summed E-state index contributed by atoms with van der Waals surface area (Å²) in [6.45, 7) is 0.0901. The normalized spacial score (nSPS) is 31.7. The Labute approximate surface area is 101 Å². The molecule has 1 aliphatic heterocycles. The average molecular weight is 258 g/mol. The molecule has 0 spiro atoms. The first-order chi connectivity index (χ1) is 8.54. The van der Waals surface area contributed by atoms with Gasteiger partial charge in [-0.1, -0.05) is 0 Å². The van der Waals surface area contributed by atoms with Crippen molar-refractivity contribution in [2.24, 2.45) is 0 Å². The van der Waals surface area contributed by atoms with Gasteiger partial charge >= 0.3 is 5.69 Å². The van der Waals surface area contributed by atoms with Gasteiger partial charge in [-0.25, -0.2) is 4.79 Å². The van der Waals surface area contributed by atoms with E-state index in [9.17, 15) is 19.8 Å². The van der Waals surface area contributed by atoms with Crippen LogP contribution in [0.1, 0.15) is 6.23 Å². The molecule has 0 saturated carbocycles. The molecule has 3 N–H and O–H groups in total. The van der Waals surface area contributed by atoms with E-state index in [-0.39, 0.29) is 6.61 Å². The topological polar surface area (TPSA) is 114 Å². The molecule has 0 aliphatic carbocycles. The molecular weight excluding hydrogens is 244 g/mol. The van der Waals surface area contributed by atoms with Crippen LogP contribution in [0, 0.1) is 0 Å². The van der Waals surface area contributed by atoms with E-state index >= 15 is 0 Å². The summed E-state index contributed by atoms with van der Waals surface area (Å²) in [7, 11) is 1.43. The van der Waals surface area contributed by atoms with E-state index in [1.54, 1.807) is 0 Å². The fraction of sp³-hybridized carbons (Fsp3) is 0.600. The van der Waals surface area contributed by atoms with Crippen molar-refractivity contribution in [3.8, 4) is 0 Å². The molecule has 8 nitrogen and oxygen atoms in total. The molecule has 18 heavy (non-hydrogen) atoms. The predicted octanol–water partition coefficient (Wildman–Crippen LogP) is -2.20. The van der Waals surface area contributed by atoms with Gasteiger partial charge in [0.1, 0.15) is 18.3 Å². The molecule has 1 aromatic rings. The Bertz CT molecular complexity index is 524. The number of nitrogens with zero attached hydrogens (tertiary/aromatic N) is 1. The Morgan fingerprint density at radius 3 is 2.78 bits per heavy atom. The van der Waals surface area contributed by atoms with Gasteiger partial charge in [-0.3, -0.25) is 14.3 Å². The molecule has 2 heterocycles. The van der Waals surface area contributed by atoms with Crippen LogP contribution < -0.4 is 11.2 Å². The minimum Gasteiger partial charge on any atom is -0.387 e. The maximum atomic E-state index is 11.5. The van der Waals surface area contributed by atoms with E-state index in [2.05, 4.69) is 0 Å². The van der Waals surface area contributed by atoms with Gasteiger partial charge in [0.2, 0.25) is 0 Å². The Morgan fingerprint density at radius 2 is 2.17 bits per heavy atom. The number of aromatic amines is 1. The van der Waals surface area contributed by atoms with Crippen LogP contribution in [0.5, 0.6) is 0 Å². The lowest BCUT2D eigenvalue weighted by atomic mass is 10.1. The first-order valence-electron chi connectivity index (χ1n) is 5.36. The number of nitrogens with one attached hydrogen (secondary N) is 1. The summed E-state index contributed by atoms with van der Waals surface area (Å²) in [5.41, 5.74) is -1.26. The monoisotopic (exact) mass is 258 g/mol. The fourth-order valence-electron chi connectivity index (χ4n) is 1.89.